The van der Waals surface area contributed by atoms with Gasteiger partial charge in [-0.05, 0) is 18.1 Å². The average Bonchev–Trinajstić information content (AvgIpc) is 2.34. The van der Waals surface area contributed by atoms with Crippen molar-refractivity contribution in [2.24, 2.45) is 5.92 Å². The smallest absolute Gasteiger partial charge is 0.156 e. The number of benzene rings is 1. The standard InChI is InChI=1S/C14H16N2O2S/c17-19(18,9-11-7-15-8-11)10-13-6-5-12-3-1-2-4-14(12)16-13/h1-6,11,15H,7-10H2. The highest BCUT2D eigenvalue weighted by Gasteiger charge is 2.24. The molecule has 19 heavy (non-hydrogen) atoms. The fraction of sp³-hybridized carbons (Fsp3) is 0.357. The maximum absolute atomic E-state index is 12.1. The molecule has 1 aromatic carbocycles. The normalized spacial score (nSPS) is 16.4. The Labute approximate surface area is 112 Å². The molecule has 1 aliphatic rings. The minimum absolute atomic E-state index is 0.0360. The van der Waals surface area contributed by atoms with E-state index in [4.69, 9.17) is 0 Å². The van der Waals surface area contributed by atoms with Gasteiger partial charge < -0.3 is 5.32 Å². The van der Waals surface area contributed by atoms with Gasteiger partial charge in [-0.1, -0.05) is 24.3 Å². The first-order valence-electron chi connectivity index (χ1n) is 6.38. The molecule has 1 N–H and O–H groups in total. The third-order valence-corrected chi connectivity index (χ3v) is 5.09. The van der Waals surface area contributed by atoms with Crippen molar-refractivity contribution in [1.82, 2.24) is 10.3 Å². The van der Waals surface area contributed by atoms with Crippen LogP contribution < -0.4 is 5.32 Å². The highest BCUT2D eigenvalue weighted by molar-refractivity contribution is 7.90. The number of sulfone groups is 1. The molecule has 100 valence electrons. The Hall–Kier alpha value is -1.46. The zero-order chi connectivity index (χ0) is 13.3. The molecule has 0 atom stereocenters. The van der Waals surface area contributed by atoms with Gasteiger partial charge in [-0.15, -0.1) is 0 Å². The zero-order valence-corrected chi connectivity index (χ0v) is 11.4. The molecule has 5 heteroatoms. The largest absolute Gasteiger partial charge is 0.316 e. The van der Waals surface area contributed by atoms with Crippen LogP contribution in [0.4, 0.5) is 0 Å². The van der Waals surface area contributed by atoms with E-state index in [0.717, 1.165) is 24.0 Å². The van der Waals surface area contributed by atoms with E-state index in [2.05, 4.69) is 10.3 Å². The number of rotatable bonds is 4. The predicted octanol–water partition coefficient (Wildman–Crippen LogP) is 1.37. The van der Waals surface area contributed by atoms with Crippen molar-refractivity contribution in [3.8, 4) is 0 Å². The minimum atomic E-state index is -3.07. The Kier molecular flexibility index (Phi) is 3.24. The first-order valence-corrected chi connectivity index (χ1v) is 8.20. The molecule has 1 aromatic heterocycles. The zero-order valence-electron chi connectivity index (χ0n) is 10.5. The number of pyridine rings is 1. The van der Waals surface area contributed by atoms with Crippen molar-refractivity contribution in [1.29, 1.82) is 0 Å². The van der Waals surface area contributed by atoms with Gasteiger partial charge >= 0.3 is 0 Å². The lowest BCUT2D eigenvalue weighted by Gasteiger charge is -2.26. The van der Waals surface area contributed by atoms with Crippen molar-refractivity contribution in [3.05, 3.63) is 42.1 Å². The first kappa shape index (κ1) is 12.6. The van der Waals surface area contributed by atoms with Crippen LogP contribution >= 0.6 is 0 Å². The molecule has 3 rings (SSSR count). The molecule has 0 spiro atoms. The number of hydrogen-bond acceptors (Lipinski definition) is 4. The van der Waals surface area contributed by atoms with Crippen LogP contribution in [-0.4, -0.2) is 32.2 Å². The van der Waals surface area contributed by atoms with Gasteiger partial charge in [0.25, 0.3) is 0 Å². The number of hydrogen-bond donors (Lipinski definition) is 1. The summed E-state index contributed by atoms with van der Waals surface area (Å²) >= 11 is 0. The average molecular weight is 276 g/mol. The number of nitrogens with one attached hydrogen (secondary N) is 1. The molecule has 0 unspecified atom stereocenters. The number of nitrogens with zero attached hydrogens (tertiary/aromatic N) is 1. The molecular formula is C14H16N2O2S. The minimum Gasteiger partial charge on any atom is -0.316 e. The van der Waals surface area contributed by atoms with Crippen molar-refractivity contribution in [2.75, 3.05) is 18.8 Å². The van der Waals surface area contributed by atoms with Crippen LogP contribution in [0.1, 0.15) is 5.69 Å². The molecule has 0 saturated carbocycles. The van der Waals surface area contributed by atoms with E-state index in [9.17, 15) is 8.42 Å². The summed E-state index contributed by atoms with van der Waals surface area (Å²) in [6.45, 7) is 1.62. The molecule has 1 fully saturated rings. The Morgan fingerprint density at radius 2 is 1.95 bits per heavy atom. The number of aromatic nitrogens is 1. The molecule has 1 saturated heterocycles. The Balaban J connectivity index is 1.80. The van der Waals surface area contributed by atoms with E-state index in [1.165, 1.54) is 0 Å². The summed E-state index contributed by atoms with van der Waals surface area (Å²) in [7, 11) is -3.07. The van der Waals surface area contributed by atoms with Crippen LogP contribution in [0.15, 0.2) is 36.4 Å². The topological polar surface area (TPSA) is 59.1 Å². The van der Waals surface area contributed by atoms with E-state index in [1.54, 1.807) is 6.07 Å². The van der Waals surface area contributed by atoms with Gasteiger partial charge in [0.2, 0.25) is 0 Å². The van der Waals surface area contributed by atoms with E-state index >= 15 is 0 Å². The van der Waals surface area contributed by atoms with Crippen LogP contribution in [0, 0.1) is 5.92 Å². The third kappa shape index (κ3) is 2.93. The molecule has 0 amide bonds. The summed E-state index contributed by atoms with van der Waals surface area (Å²) in [4.78, 5) is 4.42. The molecule has 0 aliphatic carbocycles. The summed E-state index contributed by atoms with van der Waals surface area (Å²) in [6, 6.07) is 11.5. The third-order valence-electron chi connectivity index (χ3n) is 3.38. The summed E-state index contributed by atoms with van der Waals surface area (Å²) in [6.07, 6.45) is 0. The lowest BCUT2D eigenvalue weighted by Crippen LogP contribution is -2.45. The van der Waals surface area contributed by atoms with Crippen LogP contribution in [0.25, 0.3) is 10.9 Å². The lowest BCUT2D eigenvalue weighted by molar-refractivity contribution is 0.378. The van der Waals surface area contributed by atoms with Gasteiger partial charge in [-0.2, -0.15) is 0 Å². The van der Waals surface area contributed by atoms with Crippen LogP contribution in [0.5, 0.6) is 0 Å². The van der Waals surface area contributed by atoms with Crippen molar-refractivity contribution in [2.45, 2.75) is 5.75 Å². The summed E-state index contributed by atoms with van der Waals surface area (Å²) < 4.78 is 24.1. The molecule has 2 heterocycles. The van der Waals surface area contributed by atoms with Crippen LogP contribution in [0.3, 0.4) is 0 Å². The van der Waals surface area contributed by atoms with E-state index in [-0.39, 0.29) is 17.4 Å². The highest BCUT2D eigenvalue weighted by Crippen LogP contribution is 2.15. The Morgan fingerprint density at radius 3 is 2.68 bits per heavy atom. The van der Waals surface area contributed by atoms with Gasteiger partial charge in [0.05, 0.1) is 22.7 Å². The fourth-order valence-electron chi connectivity index (χ4n) is 2.30. The maximum Gasteiger partial charge on any atom is 0.156 e. The Morgan fingerprint density at radius 1 is 1.16 bits per heavy atom. The van der Waals surface area contributed by atoms with Gasteiger partial charge in [0.1, 0.15) is 0 Å². The van der Waals surface area contributed by atoms with Crippen molar-refractivity contribution >= 4 is 20.7 Å². The van der Waals surface area contributed by atoms with Gasteiger partial charge in [-0.25, -0.2) is 8.42 Å². The number of fused-ring (bicyclic) bond motifs is 1. The van der Waals surface area contributed by atoms with E-state index in [0.29, 0.717) is 5.69 Å². The highest BCUT2D eigenvalue weighted by atomic mass is 32.2. The fourth-order valence-corrected chi connectivity index (χ4v) is 3.98. The second-order valence-corrected chi connectivity index (χ2v) is 7.18. The van der Waals surface area contributed by atoms with Crippen LogP contribution in [0.2, 0.25) is 0 Å². The van der Waals surface area contributed by atoms with Crippen LogP contribution in [-0.2, 0) is 15.6 Å². The summed E-state index contributed by atoms with van der Waals surface area (Å²) in [5.74, 6) is 0.563. The predicted molar refractivity (Wildman–Crippen MR) is 75.6 cm³/mol. The molecule has 4 nitrogen and oxygen atoms in total. The van der Waals surface area contributed by atoms with Gasteiger partial charge in [0, 0.05) is 18.5 Å². The van der Waals surface area contributed by atoms with Crippen molar-refractivity contribution < 1.29 is 8.42 Å². The Bertz CT molecular complexity index is 693. The lowest BCUT2D eigenvalue weighted by atomic mass is 10.1. The van der Waals surface area contributed by atoms with E-state index in [1.807, 2.05) is 30.3 Å². The second-order valence-electron chi connectivity index (χ2n) is 5.07. The molecule has 1 aliphatic heterocycles. The monoisotopic (exact) mass is 276 g/mol. The molecule has 0 bridgehead atoms. The summed E-state index contributed by atoms with van der Waals surface area (Å²) in [5.41, 5.74) is 1.48. The summed E-state index contributed by atoms with van der Waals surface area (Å²) in [5, 5.41) is 4.13. The number of para-hydroxylation sites is 1. The molecule has 0 radical (unpaired) electrons. The molecular weight excluding hydrogens is 260 g/mol. The van der Waals surface area contributed by atoms with Gasteiger partial charge in [0.15, 0.2) is 9.84 Å². The second kappa shape index (κ2) is 4.90. The first-order chi connectivity index (χ1) is 9.12. The quantitative estimate of drug-likeness (QED) is 0.916. The van der Waals surface area contributed by atoms with Gasteiger partial charge in [-0.3, -0.25) is 4.98 Å². The molecule has 2 aromatic rings. The SMILES string of the molecule is O=S(=O)(Cc1ccc2ccccc2n1)CC1CNC1. The van der Waals surface area contributed by atoms with E-state index < -0.39 is 9.84 Å². The maximum atomic E-state index is 12.1. The van der Waals surface area contributed by atoms with Crippen molar-refractivity contribution in [3.63, 3.8) is 0 Å².